The number of rotatable bonds is 3. The highest BCUT2D eigenvalue weighted by molar-refractivity contribution is 9.10. The van der Waals surface area contributed by atoms with E-state index in [4.69, 9.17) is 5.11 Å². The highest BCUT2D eigenvalue weighted by Crippen LogP contribution is 2.23. The van der Waals surface area contributed by atoms with Gasteiger partial charge < -0.3 is 5.11 Å². The molecule has 2 rings (SSSR count). The molecule has 17 heavy (non-hydrogen) atoms. The van der Waals surface area contributed by atoms with Crippen molar-refractivity contribution in [1.82, 2.24) is 4.90 Å². The molecule has 92 valence electrons. The Morgan fingerprint density at radius 2 is 2.35 bits per heavy atom. The molecule has 0 saturated carbocycles. The first-order chi connectivity index (χ1) is 8.08. The fourth-order valence-corrected chi connectivity index (χ4v) is 2.65. The number of aliphatic carboxylic acids is 1. The van der Waals surface area contributed by atoms with Crippen molar-refractivity contribution in [2.75, 3.05) is 13.1 Å². The molecule has 1 aliphatic rings. The number of carbonyl (C=O) groups is 1. The van der Waals surface area contributed by atoms with Crippen LogP contribution in [0.3, 0.4) is 0 Å². The van der Waals surface area contributed by atoms with Gasteiger partial charge in [0.15, 0.2) is 0 Å². The van der Waals surface area contributed by atoms with Gasteiger partial charge in [-0.1, -0.05) is 28.1 Å². The summed E-state index contributed by atoms with van der Waals surface area (Å²) in [6.07, 6.45) is 0.766. The number of halogens is 1. The fraction of sp³-hybridized carbons (Fsp3) is 0.462. The van der Waals surface area contributed by atoms with Gasteiger partial charge in [-0.2, -0.15) is 0 Å². The summed E-state index contributed by atoms with van der Waals surface area (Å²) in [6.45, 7) is 4.48. The van der Waals surface area contributed by atoms with E-state index in [-0.39, 0.29) is 5.92 Å². The molecule has 0 amide bonds. The van der Waals surface area contributed by atoms with E-state index >= 15 is 0 Å². The van der Waals surface area contributed by atoms with Gasteiger partial charge in [-0.25, -0.2) is 0 Å². The second-order valence-electron chi connectivity index (χ2n) is 4.58. The van der Waals surface area contributed by atoms with Crippen molar-refractivity contribution in [3.63, 3.8) is 0 Å². The number of hydrogen-bond donors (Lipinski definition) is 1. The zero-order valence-corrected chi connectivity index (χ0v) is 11.4. The highest BCUT2D eigenvalue weighted by Gasteiger charge is 2.27. The summed E-state index contributed by atoms with van der Waals surface area (Å²) >= 11 is 3.52. The summed E-state index contributed by atoms with van der Waals surface area (Å²) in [5.41, 5.74) is 2.51. The van der Waals surface area contributed by atoms with Crippen molar-refractivity contribution >= 4 is 21.9 Å². The molecule has 0 radical (unpaired) electrons. The van der Waals surface area contributed by atoms with Crippen LogP contribution in [-0.4, -0.2) is 29.1 Å². The Hall–Kier alpha value is -0.870. The second-order valence-corrected chi connectivity index (χ2v) is 5.44. The van der Waals surface area contributed by atoms with Crippen molar-refractivity contribution in [2.45, 2.75) is 19.9 Å². The van der Waals surface area contributed by atoms with Gasteiger partial charge in [0.1, 0.15) is 0 Å². The van der Waals surface area contributed by atoms with Gasteiger partial charge in [-0.15, -0.1) is 0 Å². The SMILES string of the molecule is Cc1c(Br)cccc1CN1CCC(C(=O)O)C1. The van der Waals surface area contributed by atoms with Crippen molar-refractivity contribution in [3.8, 4) is 0 Å². The van der Waals surface area contributed by atoms with Crippen LogP contribution in [0, 0.1) is 12.8 Å². The van der Waals surface area contributed by atoms with E-state index < -0.39 is 5.97 Å². The van der Waals surface area contributed by atoms with E-state index in [9.17, 15) is 4.79 Å². The maximum atomic E-state index is 10.9. The van der Waals surface area contributed by atoms with Crippen LogP contribution >= 0.6 is 15.9 Å². The van der Waals surface area contributed by atoms with E-state index in [2.05, 4.69) is 33.8 Å². The molecule has 0 aromatic heterocycles. The third-order valence-electron chi connectivity index (χ3n) is 3.40. The summed E-state index contributed by atoms with van der Waals surface area (Å²) in [5.74, 6) is -0.860. The Bertz CT molecular complexity index is 433. The monoisotopic (exact) mass is 297 g/mol. The van der Waals surface area contributed by atoms with Crippen molar-refractivity contribution in [1.29, 1.82) is 0 Å². The van der Waals surface area contributed by atoms with Crippen molar-refractivity contribution in [3.05, 3.63) is 33.8 Å². The van der Waals surface area contributed by atoms with Gasteiger partial charge >= 0.3 is 5.97 Å². The number of likely N-dealkylation sites (tertiary alicyclic amines) is 1. The van der Waals surface area contributed by atoms with E-state index in [0.29, 0.717) is 6.54 Å². The number of nitrogens with zero attached hydrogens (tertiary/aromatic N) is 1. The third-order valence-corrected chi connectivity index (χ3v) is 4.25. The third kappa shape index (κ3) is 2.87. The van der Waals surface area contributed by atoms with Crippen LogP contribution in [0.4, 0.5) is 0 Å². The van der Waals surface area contributed by atoms with Gasteiger partial charge in [0.25, 0.3) is 0 Å². The molecule has 0 spiro atoms. The van der Waals surface area contributed by atoms with E-state index in [1.165, 1.54) is 11.1 Å². The maximum Gasteiger partial charge on any atom is 0.307 e. The highest BCUT2D eigenvalue weighted by atomic mass is 79.9. The predicted molar refractivity (Wildman–Crippen MR) is 69.9 cm³/mol. The molecule has 1 heterocycles. The number of carboxylic acids is 1. The Kier molecular flexibility index (Phi) is 3.84. The van der Waals surface area contributed by atoms with Crippen LogP contribution in [0.2, 0.25) is 0 Å². The van der Waals surface area contributed by atoms with Gasteiger partial charge in [0, 0.05) is 17.6 Å². The Balaban J connectivity index is 2.03. The molecule has 0 aliphatic carbocycles. The van der Waals surface area contributed by atoms with Crippen LogP contribution < -0.4 is 0 Å². The molecule has 0 bridgehead atoms. The van der Waals surface area contributed by atoms with Crippen LogP contribution in [0.1, 0.15) is 17.5 Å². The minimum atomic E-state index is -0.668. The normalized spacial score (nSPS) is 20.7. The zero-order valence-electron chi connectivity index (χ0n) is 9.82. The molecular formula is C13H16BrNO2. The number of hydrogen-bond acceptors (Lipinski definition) is 2. The maximum absolute atomic E-state index is 10.9. The largest absolute Gasteiger partial charge is 0.481 e. The first-order valence-corrected chi connectivity index (χ1v) is 6.56. The van der Waals surface area contributed by atoms with Gasteiger partial charge in [-0.3, -0.25) is 9.69 Å². The van der Waals surface area contributed by atoms with Crippen LogP contribution in [0.25, 0.3) is 0 Å². The van der Waals surface area contributed by atoms with E-state index in [1.807, 2.05) is 12.1 Å². The van der Waals surface area contributed by atoms with Crippen LogP contribution in [-0.2, 0) is 11.3 Å². The summed E-state index contributed by atoms with van der Waals surface area (Å²) in [4.78, 5) is 13.1. The van der Waals surface area contributed by atoms with Crippen LogP contribution in [0.15, 0.2) is 22.7 Å². The lowest BCUT2D eigenvalue weighted by molar-refractivity contribution is -0.141. The molecule has 1 N–H and O–H groups in total. The summed E-state index contributed by atoms with van der Waals surface area (Å²) in [5, 5.41) is 8.96. The predicted octanol–water partition coefficient (Wildman–Crippen LogP) is 2.66. The lowest BCUT2D eigenvalue weighted by atomic mass is 10.1. The molecule has 1 fully saturated rings. The molecule has 3 nitrogen and oxygen atoms in total. The quantitative estimate of drug-likeness (QED) is 0.932. The van der Waals surface area contributed by atoms with Gasteiger partial charge in [-0.05, 0) is 37.1 Å². The van der Waals surface area contributed by atoms with Crippen molar-refractivity contribution < 1.29 is 9.90 Å². The van der Waals surface area contributed by atoms with Gasteiger partial charge in [0.2, 0.25) is 0 Å². The van der Waals surface area contributed by atoms with Gasteiger partial charge in [0.05, 0.1) is 5.92 Å². The molecule has 1 aromatic rings. The Labute approximate surface area is 110 Å². The Morgan fingerprint density at radius 3 is 3.00 bits per heavy atom. The van der Waals surface area contributed by atoms with Crippen LogP contribution in [0.5, 0.6) is 0 Å². The van der Waals surface area contributed by atoms with Crippen molar-refractivity contribution in [2.24, 2.45) is 5.92 Å². The number of benzene rings is 1. The molecular weight excluding hydrogens is 282 g/mol. The summed E-state index contributed by atoms with van der Waals surface area (Å²) in [7, 11) is 0. The molecule has 1 atom stereocenters. The average Bonchev–Trinajstić information content (AvgIpc) is 2.73. The minimum Gasteiger partial charge on any atom is -0.481 e. The lowest BCUT2D eigenvalue weighted by Crippen LogP contribution is -2.23. The zero-order chi connectivity index (χ0) is 12.4. The smallest absolute Gasteiger partial charge is 0.307 e. The fourth-order valence-electron chi connectivity index (χ4n) is 2.24. The van der Waals surface area contributed by atoms with E-state index in [1.54, 1.807) is 0 Å². The molecule has 1 saturated heterocycles. The lowest BCUT2D eigenvalue weighted by Gasteiger charge is -2.17. The molecule has 1 unspecified atom stereocenters. The summed E-state index contributed by atoms with van der Waals surface area (Å²) < 4.78 is 1.11. The number of carboxylic acid groups (broad SMARTS) is 1. The molecule has 1 aromatic carbocycles. The molecule has 4 heteroatoms. The molecule has 1 aliphatic heterocycles. The second kappa shape index (κ2) is 5.19. The minimum absolute atomic E-state index is 0.192. The summed E-state index contributed by atoms with van der Waals surface area (Å²) in [6, 6.07) is 6.16. The first-order valence-electron chi connectivity index (χ1n) is 5.77. The first kappa shape index (κ1) is 12.6. The average molecular weight is 298 g/mol. The topological polar surface area (TPSA) is 40.5 Å². The van der Waals surface area contributed by atoms with E-state index in [0.717, 1.165) is 24.0 Å². The standard InChI is InChI=1S/C13H16BrNO2/c1-9-10(3-2-4-12(9)14)7-15-6-5-11(8-15)13(16)17/h2-4,11H,5-8H2,1H3,(H,16,17). The Morgan fingerprint density at radius 1 is 1.59 bits per heavy atom.